The van der Waals surface area contributed by atoms with E-state index in [4.69, 9.17) is 10.7 Å². The molecular formula is C7H16N2O. The second kappa shape index (κ2) is 3.91. The van der Waals surface area contributed by atoms with Gasteiger partial charge in [-0.05, 0) is 25.9 Å². The molecule has 1 saturated heterocycles. The number of piperidine rings is 1. The summed E-state index contributed by atoms with van der Waals surface area (Å²) in [5, 5.41) is 0. The van der Waals surface area contributed by atoms with Crippen LogP contribution in [0.5, 0.6) is 0 Å². The first-order valence-electron chi connectivity index (χ1n) is 3.94. The van der Waals surface area contributed by atoms with Gasteiger partial charge in [0.05, 0.1) is 6.10 Å². The average Bonchev–Trinajstić information content (AvgIpc) is 2.05. The van der Waals surface area contributed by atoms with Crippen LogP contribution in [0.4, 0.5) is 0 Å². The Hall–Kier alpha value is -0.120. The van der Waals surface area contributed by atoms with E-state index in [9.17, 15) is 0 Å². The minimum atomic E-state index is 0.272. The van der Waals surface area contributed by atoms with E-state index in [-0.39, 0.29) is 6.10 Å². The van der Waals surface area contributed by atoms with Crippen molar-refractivity contribution in [2.45, 2.75) is 25.9 Å². The molecule has 0 radical (unpaired) electrons. The van der Waals surface area contributed by atoms with Crippen LogP contribution in [0.1, 0.15) is 19.8 Å². The Morgan fingerprint density at radius 2 is 2.50 bits per heavy atom. The normalized spacial score (nSPS) is 28.8. The number of hydrogen-bond donors (Lipinski definition) is 1. The van der Waals surface area contributed by atoms with E-state index in [1.54, 1.807) is 0 Å². The van der Waals surface area contributed by atoms with Crippen molar-refractivity contribution in [2.24, 2.45) is 5.90 Å². The molecule has 3 heteroatoms. The third kappa shape index (κ3) is 1.94. The van der Waals surface area contributed by atoms with E-state index in [0.29, 0.717) is 0 Å². The van der Waals surface area contributed by atoms with Gasteiger partial charge in [-0.25, -0.2) is 5.90 Å². The number of hydrogen-bond acceptors (Lipinski definition) is 3. The lowest BCUT2D eigenvalue weighted by Gasteiger charge is -2.30. The van der Waals surface area contributed by atoms with Gasteiger partial charge in [0.2, 0.25) is 0 Å². The van der Waals surface area contributed by atoms with Crippen molar-refractivity contribution >= 4 is 0 Å². The summed E-state index contributed by atoms with van der Waals surface area (Å²) in [6, 6.07) is 0. The van der Waals surface area contributed by atoms with E-state index >= 15 is 0 Å². The smallest absolute Gasteiger partial charge is 0.0914 e. The second-order valence-corrected chi connectivity index (χ2v) is 2.79. The molecule has 1 aliphatic rings. The Bertz CT molecular complexity index is 87.6. The molecule has 0 saturated carbocycles. The highest BCUT2D eigenvalue weighted by atomic mass is 16.6. The molecule has 0 amide bonds. The van der Waals surface area contributed by atoms with Crippen molar-refractivity contribution in [1.82, 2.24) is 4.90 Å². The minimum Gasteiger partial charge on any atom is -0.301 e. The van der Waals surface area contributed by atoms with Gasteiger partial charge >= 0.3 is 0 Å². The van der Waals surface area contributed by atoms with Crippen LogP contribution in [0.2, 0.25) is 0 Å². The maximum Gasteiger partial charge on any atom is 0.0914 e. The van der Waals surface area contributed by atoms with Crippen molar-refractivity contribution in [3.63, 3.8) is 0 Å². The van der Waals surface area contributed by atoms with Gasteiger partial charge in [0.25, 0.3) is 0 Å². The lowest BCUT2D eigenvalue weighted by molar-refractivity contribution is 0.0000260. The van der Waals surface area contributed by atoms with Crippen LogP contribution >= 0.6 is 0 Å². The van der Waals surface area contributed by atoms with Gasteiger partial charge in [0.15, 0.2) is 0 Å². The van der Waals surface area contributed by atoms with E-state index in [0.717, 1.165) is 19.5 Å². The van der Waals surface area contributed by atoms with Crippen LogP contribution in [-0.2, 0) is 4.84 Å². The molecule has 0 aromatic rings. The molecule has 0 aromatic heterocycles. The van der Waals surface area contributed by atoms with E-state index in [2.05, 4.69) is 11.8 Å². The number of nitrogens with zero attached hydrogens (tertiary/aromatic N) is 1. The molecular weight excluding hydrogens is 128 g/mol. The van der Waals surface area contributed by atoms with Crippen LogP contribution < -0.4 is 5.90 Å². The van der Waals surface area contributed by atoms with Gasteiger partial charge in [-0.3, -0.25) is 4.84 Å². The van der Waals surface area contributed by atoms with E-state index in [1.807, 2.05) is 0 Å². The highest BCUT2D eigenvalue weighted by Gasteiger charge is 2.17. The molecule has 0 aromatic carbocycles. The fourth-order valence-corrected chi connectivity index (χ4v) is 1.41. The summed E-state index contributed by atoms with van der Waals surface area (Å²) in [5.74, 6) is 5.09. The molecule has 0 aliphatic carbocycles. The predicted molar refractivity (Wildman–Crippen MR) is 40.4 cm³/mol. The molecule has 1 aliphatic heterocycles. The van der Waals surface area contributed by atoms with Crippen molar-refractivity contribution in [3.8, 4) is 0 Å². The van der Waals surface area contributed by atoms with Crippen LogP contribution in [0.3, 0.4) is 0 Å². The van der Waals surface area contributed by atoms with E-state index in [1.165, 1.54) is 13.0 Å². The third-order valence-electron chi connectivity index (χ3n) is 2.10. The first kappa shape index (κ1) is 7.98. The first-order valence-corrected chi connectivity index (χ1v) is 3.94. The molecule has 10 heavy (non-hydrogen) atoms. The highest BCUT2D eigenvalue weighted by molar-refractivity contribution is 4.71. The zero-order chi connectivity index (χ0) is 7.40. The summed E-state index contributed by atoms with van der Waals surface area (Å²) in [5.41, 5.74) is 0. The molecule has 1 rings (SSSR count). The van der Waals surface area contributed by atoms with Gasteiger partial charge in [-0.15, -0.1) is 0 Å². The Morgan fingerprint density at radius 1 is 1.70 bits per heavy atom. The van der Waals surface area contributed by atoms with E-state index < -0.39 is 0 Å². The maximum absolute atomic E-state index is 5.09. The Labute approximate surface area is 62.1 Å². The van der Waals surface area contributed by atoms with Gasteiger partial charge in [0, 0.05) is 6.54 Å². The fourth-order valence-electron chi connectivity index (χ4n) is 1.41. The monoisotopic (exact) mass is 144 g/mol. The number of nitrogens with two attached hydrogens (primary N) is 1. The summed E-state index contributed by atoms with van der Waals surface area (Å²) in [6.45, 7) is 5.49. The third-order valence-corrected chi connectivity index (χ3v) is 2.10. The van der Waals surface area contributed by atoms with Gasteiger partial charge < -0.3 is 4.90 Å². The fraction of sp³-hybridized carbons (Fsp3) is 1.00. The van der Waals surface area contributed by atoms with Crippen LogP contribution in [0, 0.1) is 0 Å². The first-order chi connectivity index (χ1) is 4.86. The van der Waals surface area contributed by atoms with Gasteiger partial charge in [-0.2, -0.15) is 0 Å². The molecule has 1 fully saturated rings. The molecule has 1 atom stereocenters. The van der Waals surface area contributed by atoms with Crippen LogP contribution in [0.25, 0.3) is 0 Å². The zero-order valence-corrected chi connectivity index (χ0v) is 6.55. The summed E-state index contributed by atoms with van der Waals surface area (Å²) in [7, 11) is 0. The van der Waals surface area contributed by atoms with Crippen LogP contribution in [-0.4, -0.2) is 30.6 Å². The van der Waals surface area contributed by atoms with Crippen molar-refractivity contribution in [3.05, 3.63) is 0 Å². The minimum absolute atomic E-state index is 0.272. The lowest BCUT2D eigenvalue weighted by atomic mass is 10.1. The highest BCUT2D eigenvalue weighted by Crippen LogP contribution is 2.10. The quantitative estimate of drug-likeness (QED) is 0.569. The summed E-state index contributed by atoms with van der Waals surface area (Å²) >= 11 is 0. The lowest BCUT2D eigenvalue weighted by Crippen LogP contribution is -2.40. The van der Waals surface area contributed by atoms with Gasteiger partial charge in [-0.1, -0.05) is 6.92 Å². The molecule has 1 heterocycles. The van der Waals surface area contributed by atoms with Crippen molar-refractivity contribution < 1.29 is 4.84 Å². The molecule has 3 nitrogen and oxygen atoms in total. The van der Waals surface area contributed by atoms with Crippen molar-refractivity contribution in [2.75, 3.05) is 19.6 Å². The summed E-state index contributed by atoms with van der Waals surface area (Å²) < 4.78 is 0. The standard InChI is InChI=1S/C7H16N2O/c1-2-9-5-3-4-7(6-9)10-8/h7H,2-6,8H2,1H3/t7-/m1/s1. The second-order valence-electron chi connectivity index (χ2n) is 2.79. The SMILES string of the molecule is CCN1CCC[C@@H](ON)C1. The molecule has 0 unspecified atom stereocenters. The van der Waals surface area contributed by atoms with Crippen LogP contribution in [0.15, 0.2) is 0 Å². The maximum atomic E-state index is 5.09. The number of likely N-dealkylation sites (N-methyl/N-ethyl adjacent to an activating group) is 1. The molecule has 2 N–H and O–H groups in total. The Kier molecular flexibility index (Phi) is 3.12. The average molecular weight is 144 g/mol. The summed E-state index contributed by atoms with van der Waals surface area (Å²) in [4.78, 5) is 7.14. The zero-order valence-electron chi connectivity index (χ0n) is 6.55. The topological polar surface area (TPSA) is 38.5 Å². The number of likely N-dealkylation sites (tertiary alicyclic amines) is 1. The van der Waals surface area contributed by atoms with Crippen molar-refractivity contribution in [1.29, 1.82) is 0 Å². The molecule has 60 valence electrons. The molecule has 0 bridgehead atoms. The van der Waals surface area contributed by atoms with Gasteiger partial charge in [0.1, 0.15) is 0 Å². The molecule has 0 spiro atoms. The summed E-state index contributed by atoms with van der Waals surface area (Å²) in [6.07, 6.45) is 2.61. The largest absolute Gasteiger partial charge is 0.301 e. The number of rotatable bonds is 2. The Morgan fingerprint density at radius 3 is 3.10 bits per heavy atom. The Balaban J connectivity index is 2.25. The predicted octanol–water partition coefficient (Wildman–Crippen LogP) is 0.361.